The maximum Gasteiger partial charge on any atom is 0.416 e. The Morgan fingerprint density at radius 1 is 1.18 bits per heavy atom. The monoisotopic (exact) mass is 241 g/mol. The molecule has 1 aliphatic heterocycles. The highest BCUT2D eigenvalue weighted by Gasteiger charge is 2.27. The first kappa shape index (κ1) is 14.0. The normalized spacial score (nSPS) is 15.1. The molecule has 0 N–H and O–H groups in total. The van der Waals surface area contributed by atoms with Crippen molar-refractivity contribution in [1.82, 2.24) is 4.90 Å². The van der Waals surface area contributed by atoms with Crippen LogP contribution >= 0.6 is 0 Å². The maximum absolute atomic E-state index is 11.6. The van der Waals surface area contributed by atoms with Crippen molar-refractivity contribution >= 4 is 12.0 Å². The highest BCUT2D eigenvalue weighted by atomic mass is 16.6. The minimum absolute atomic E-state index is 0.0824. The molecule has 0 aromatic carbocycles. The van der Waals surface area contributed by atoms with E-state index < -0.39 is 6.09 Å². The summed E-state index contributed by atoms with van der Waals surface area (Å²) in [6, 6.07) is 0. The molecular weight excluding hydrogens is 218 g/mol. The highest BCUT2D eigenvalue weighted by molar-refractivity contribution is 5.92. The van der Waals surface area contributed by atoms with Crippen LogP contribution < -0.4 is 0 Å². The molecule has 17 heavy (non-hydrogen) atoms. The topological polar surface area (TPSA) is 46.6 Å². The quantitative estimate of drug-likeness (QED) is 0.613. The number of hydrogen-bond donors (Lipinski definition) is 0. The van der Waals surface area contributed by atoms with Gasteiger partial charge in [0.05, 0.1) is 6.54 Å². The van der Waals surface area contributed by atoms with Crippen LogP contribution in [0.3, 0.4) is 0 Å². The van der Waals surface area contributed by atoms with Crippen LogP contribution in [0, 0.1) is 0 Å². The number of carbonyl (C=O) groups excluding carboxylic acids is 2. The van der Waals surface area contributed by atoms with E-state index in [0.29, 0.717) is 19.6 Å². The van der Waals surface area contributed by atoms with Gasteiger partial charge >= 0.3 is 6.09 Å². The molecule has 0 aliphatic carbocycles. The lowest BCUT2D eigenvalue weighted by Gasteiger charge is -2.09. The van der Waals surface area contributed by atoms with E-state index in [2.05, 4.69) is 6.92 Å². The van der Waals surface area contributed by atoms with Crippen molar-refractivity contribution in [2.24, 2.45) is 0 Å². The van der Waals surface area contributed by atoms with Crippen molar-refractivity contribution in [2.45, 2.75) is 58.3 Å². The minimum atomic E-state index is -0.474. The Kier molecular flexibility index (Phi) is 6.67. The first-order valence-corrected chi connectivity index (χ1v) is 6.73. The summed E-state index contributed by atoms with van der Waals surface area (Å²) < 4.78 is 4.72. The number of nitrogens with zero attached hydrogens (tertiary/aromatic N) is 1. The van der Waals surface area contributed by atoms with E-state index in [9.17, 15) is 9.59 Å². The van der Waals surface area contributed by atoms with Crippen LogP contribution in [0.5, 0.6) is 0 Å². The number of hydrogen-bond acceptors (Lipinski definition) is 3. The summed E-state index contributed by atoms with van der Waals surface area (Å²) in [4.78, 5) is 23.9. The molecule has 0 unspecified atom stereocenters. The number of cyclic esters (lactones) is 1. The van der Waals surface area contributed by atoms with E-state index in [1.807, 2.05) is 0 Å². The van der Waals surface area contributed by atoms with Crippen LogP contribution in [0.4, 0.5) is 4.79 Å². The average Bonchev–Trinajstić information content (AvgIpc) is 2.74. The van der Waals surface area contributed by atoms with Gasteiger partial charge in [-0.25, -0.2) is 9.69 Å². The smallest absolute Gasteiger partial charge is 0.416 e. The van der Waals surface area contributed by atoms with E-state index in [1.165, 1.54) is 37.0 Å². The van der Waals surface area contributed by atoms with Gasteiger partial charge in [-0.05, 0) is 6.42 Å². The molecule has 1 aliphatic rings. The number of amides is 2. The number of imide groups is 1. The summed E-state index contributed by atoms with van der Waals surface area (Å²) in [5, 5.41) is 0. The molecule has 0 aromatic rings. The van der Waals surface area contributed by atoms with Gasteiger partial charge in [0.15, 0.2) is 0 Å². The van der Waals surface area contributed by atoms with Gasteiger partial charge in [-0.2, -0.15) is 0 Å². The Hall–Kier alpha value is -1.06. The molecule has 0 bridgehead atoms. The second kappa shape index (κ2) is 8.09. The number of ether oxygens (including phenoxy) is 1. The van der Waals surface area contributed by atoms with Gasteiger partial charge in [-0.1, -0.05) is 45.4 Å². The molecule has 1 fully saturated rings. The zero-order valence-corrected chi connectivity index (χ0v) is 10.7. The van der Waals surface area contributed by atoms with Gasteiger partial charge in [0.1, 0.15) is 6.61 Å². The third kappa shape index (κ3) is 5.20. The SMILES string of the molecule is CCCCCCCCCC(=O)N1CCOC1=O. The molecule has 0 radical (unpaired) electrons. The number of carbonyl (C=O) groups is 2. The Morgan fingerprint density at radius 2 is 1.82 bits per heavy atom. The van der Waals surface area contributed by atoms with Crippen molar-refractivity contribution in [2.75, 3.05) is 13.2 Å². The Bertz CT molecular complexity index is 253. The highest BCUT2D eigenvalue weighted by Crippen LogP contribution is 2.11. The van der Waals surface area contributed by atoms with Crippen LogP contribution in [-0.2, 0) is 9.53 Å². The van der Waals surface area contributed by atoms with Gasteiger partial charge < -0.3 is 4.74 Å². The second-order valence-electron chi connectivity index (χ2n) is 4.53. The molecule has 4 heteroatoms. The van der Waals surface area contributed by atoms with Gasteiger partial charge in [-0.15, -0.1) is 0 Å². The zero-order chi connectivity index (χ0) is 12.5. The molecule has 1 heterocycles. The summed E-state index contributed by atoms with van der Waals surface area (Å²) in [5.74, 6) is -0.0824. The largest absolute Gasteiger partial charge is 0.447 e. The molecule has 1 rings (SSSR count). The maximum atomic E-state index is 11.6. The molecule has 0 saturated carbocycles. The summed E-state index contributed by atoms with van der Waals surface area (Å²) in [5.41, 5.74) is 0. The molecule has 98 valence electrons. The molecule has 1 saturated heterocycles. The predicted octanol–water partition coefficient (Wildman–Crippen LogP) is 3.11. The van der Waals surface area contributed by atoms with Crippen LogP contribution in [0.1, 0.15) is 58.3 Å². The fourth-order valence-electron chi connectivity index (χ4n) is 1.99. The zero-order valence-electron chi connectivity index (χ0n) is 10.7. The fraction of sp³-hybridized carbons (Fsp3) is 0.846. The average molecular weight is 241 g/mol. The number of unbranched alkanes of at least 4 members (excludes halogenated alkanes) is 6. The van der Waals surface area contributed by atoms with Crippen LogP contribution in [0.15, 0.2) is 0 Å². The lowest BCUT2D eigenvalue weighted by atomic mass is 10.1. The van der Waals surface area contributed by atoms with Crippen LogP contribution in [0.25, 0.3) is 0 Å². The van der Waals surface area contributed by atoms with E-state index in [1.54, 1.807) is 0 Å². The Labute approximate surface area is 103 Å². The van der Waals surface area contributed by atoms with Crippen LogP contribution in [-0.4, -0.2) is 30.1 Å². The Balaban J connectivity index is 1.99. The van der Waals surface area contributed by atoms with Crippen molar-refractivity contribution < 1.29 is 14.3 Å². The molecule has 0 atom stereocenters. The standard InChI is InChI=1S/C13H23NO3/c1-2-3-4-5-6-7-8-9-12(15)14-10-11-17-13(14)16/h2-11H2,1H3. The fourth-order valence-corrected chi connectivity index (χ4v) is 1.99. The number of rotatable bonds is 8. The van der Waals surface area contributed by atoms with Crippen molar-refractivity contribution in [3.63, 3.8) is 0 Å². The first-order valence-electron chi connectivity index (χ1n) is 6.73. The molecular formula is C13H23NO3. The summed E-state index contributed by atoms with van der Waals surface area (Å²) in [6.45, 7) is 2.98. The van der Waals surface area contributed by atoms with Gasteiger partial charge in [0.25, 0.3) is 0 Å². The van der Waals surface area contributed by atoms with Crippen molar-refractivity contribution in [1.29, 1.82) is 0 Å². The lowest BCUT2D eigenvalue weighted by Crippen LogP contribution is -2.31. The third-order valence-electron chi connectivity index (χ3n) is 3.06. The first-order chi connectivity index (χ1) is 8.25. The van der Waals surface area contributed by atoms with Crippen molar-refractivity contribution in [3.05, 3.63) is 0 Å². The van der Waals surface area contributed by atoms with Gasteiger partial charge in [0.2, 0.25) is 5.91 Å². The van der Waals surface area contributed by atoms with Gasteiger partial charge in [0, 0.05) is 6.42 Å². The second-order valence-corrected chi connectivity index (χ2v) is 4.53. The lowest BCUT2D eigenvalue weighted by molar-refractivity contribution is -0.127. The molecule has 0 spiro atoms. The summed E-state index contributed by atoms with van der Waals surface area (Å²) in [6.07, 6.45) is 8.27. The molecule has 2 amide bonds. The van der Waals surface area contributed by atoms with E-state index in [0.717, 1.165) is 12.8 Å². The van der Waals surface area contributed by atoms with Crippen LogP contribution in [0.2, 0.25) is 0 Å². The molecule has 4 nitrogen and oxygen atoms in total. The predicted molar refractivity (Wildman–Crippen MR) is 65.7 cm³/mol. The molecule has 0 aromatic heterocycles. The Morgan fingerprint density at radius 3 is 2.41 bits per heavy atom. The third-order valence-corrected chi connectivity index (χ3v) is 3.06. The van der Waals surface area contributed by atoms with E-state index >= 15 is 0 Å². The van der Waals surface area contributed by atoms with Crippen molar-refractivity contribution in [3.8, 4) is 0 Å². The van der Waals surface area contributed by atoms with Gasteiger partial charge in [-0.3, -0.25) is 4.79 Å². The van der Waals surface area contributed by atoms with E-state index in [4.69, 9.17) is 4.74 Å². The summed E-state index contributed by atoms with van der Waals surface area (Å²) in [7, 11) is 0. The van der Waals surface area contributed by atoms with E-state index in [-0.39, 0.29) is 5.91 Å². The minimum Gasteiger partial charge on any atom is -0.447 e. The summed E-state index contributed by atoms with van der Waals surface area (Å²) >= 11 is 0.